The lowest BCUT2D eigenvalue weighted by Gasteiger charge is -1.94. The maximum atomic E-state index is 4.50. The molecule has 0 radical (unpaired) electrons. The highest BCUT2D eigenvalue weighted by Crippen LogP contribution is 2.13. The predicted molar refractivity (Wildman–Crippen MR) is 52.9 cm³/mol. The molecule has 0 unspecified atom stereocenters. The summed E-state index contributed by atoms with van der Waals surface area (Å²) in [5.41, 5.74) is 6.61. The molecule has 0 aliphatic heterocycles. The highest BCUT2D eigenvalue weighted by molar-refractivity contribution is 5.61. The Kier molecular flexibility index (Phi) is 5.83. The van der Waals surface area contributed by atoms with Gasteiger partial charge in [-0.1, -0.05) is 0 Å². The van der Waals surface area contributed by atoms with Gasteiger partial charge in [0.2, 0.25) is 0 Å². The van der Waals surface area contributed by atoms with Crippen LogP contribution in [0, 0.1) is 6.92 Å². The molecule has 1 aromatic rings. The average molecular weight is 165 g/mol. The second-order valence-electron chi connectivity index (χ2n) is 2.05. The van der Waals surface area contributed by atoms with E-state index in [0.717, 1.165) is 11.3 Å². The molecule has 0 spiro atoms. The van der Waals surface area contributed by atoms with E-state index in [9.17, 15) is 0 Å². The number of aliphatic imine (C=N–C) groups is 1. The normalized spacial score (nSPS) is 9.33. The highest BCUT2D eigenvalue weighted by Gasteiger charge is 1.90. The van der Waals surface area contributed by atoms with Gasteiger partial charge in [0.1, 0.15) is 0 Å². The quantitative estimate of drug-likeness (QED) is 0.644. The SMILES string of the molecule is CC=Nc1cnccc1C.CN. The van der Waals surface area contributed by atoms with Gasteiger partial charge >= 0.3 is 0 Å². The molecule has 0 aliphatic carbocycles. The molecule has 1 aromatic heterocycles. The standard InChI is InChI=1S/C8H10N2.CH5N/c1-3-10-8-6-9-5-4-7(8)2;1-2/h3-6H,1-2H3;2H2,1H3. The minimum absolute atomic E-state index is 0.949. The lowest BCUT2D eigenvalue weighted by atomic mass is 10.3. The molecule has 12 heavy (non-hydrogen) atoms. The van der Waals surface area contributed by atoms with E-state index >= 15 is 0 Å². The third kappa shape index (κ3) is 3.25. The molecular weight excluding hydrogens is 150 g/mol. The molecule has 0 saturated carbocycles. The maximum Gasteiger partial charge on any atom is 0.0837 e. The number of aromatic nitrogens is 1. The van der Waals surface area contributed by atoms with Gasteiger partial charge in [-0.15, -0.1) is 0 Å². The molecule has 0 fully saturated rings. The molecular formula is C9H15N3. The molecule has 1 heterocycles. The van der Waals surface area contributed by atoms with Crippen LogP contribution < -0.4 is 5.73 Å². The molecule has 0 aliphatic rings. The zero-order valence-corrected chi connectivity index (χ0v) is 7.78. The van der Waals surface area contributed by atoms with Crippen molar-refractivity contribution in [2.45, 2.75) is 13.8 Å². The Morgan fingerprint density at radius 3 is 2.67 bits per heavy atom. The minimum Gasteiger partial charge on any atom is -0.333 e. The zero-order valence-electron chi connectivity index (χ0n) is 7.78. The van der Waals surface area contributed by atoms with Crippen molar-refractivity contribution in [3.63, 3.8) is 0 Å². The fraction of sp³-hybridized carbons (Fsp3) is 0.333. The molecule has 1 rings (SSSR count). The summed E-state index contributed by atoms with van der Waals surface area (Å²) in [5, 5.41) is 0. The van der Waals surface area contributed by atoms with Crippen LogP contribution in [-0.2, 0) is 0 Å². The summed E-state index contributed by atoms with van der Waals surface area (Å²) < 4.78 is 0. The van der Waals surface area contributed by atoms with Crippen molar-refractivity contribution in [1.82, 2.24) is 4.98 Å². The molecule has 66 valence electrons. The maximum absolute atomic E-state index is 4.50. The van der Waals surface area contributed by atoms with Crippen LogP contribution in [0.3, 0.4) is 0 Å². The number of nitrogens with zero attached hydrogens (tertiary/aromatic N) is 2. The van der Waals surface area contributed by atoms with Crippen molar-refractivity contribution in [2.75, 3.05) is 7.05 Å². The van der Waals surface area contributed by atoms with E-state index in [4.69, 9.17) is 0 Å². The van der Waals surface area contributed by atoms with E-state index in [1.165, 1.54) is 7.05 Å². The van der Waals surface area contributed by atoms with Crippen molar-refractivity contribution in [1.29, 1.82) is 0 Å². The fourth-order valence-electron chi connectivity index (χ4n) is 0.730. The van der Waals surface area contributed by atoms with Crippen LogP contribution in [0.2, 0.25) is 0 Å². The summed E-state index contributed by atoms with van der Waals surface area (Å²) in [6.45, 7) is 3.91. The molecule has 3 nitrogen and oxygen atoms in total. The van der Waals surface area contributed by atoms with Crippen LogP contribution in [0.4, 0.5) is 5.69 Å². The van der Waals surface area contributed by atoms with Crippen LogP contribution in [0.15, 0.2) is 23.5 Å². The van der Waals surface area contributed by atoms with E-state index < -0.39 is 0 Å². The van der Waals surface area contributed by atoms with Gasteiger partial charge in [0.05, 0.1) is 11.9 Å². The van der Waals surface area contributed by atoms with Crippen molar-refractivity contribution in [3.8, 4) is 0 Å². The molecule has 0 atom stereocenters. The van der Waals surface area contributed by atoms with E-state index in [2.05, 4.69) is 15.7 Å². The number of pyridine rings is 1. The van der Waals surface area contributed by atoms with E-state index in [0.29, 0.717) is 0 Å². The van der Waals surface area contributed by atoms with Crippen molar-refractivity contribution in [2.24, 2.45) is 10.7 Å². The second-order valence-corrected chi connectivity index (χ2v) is 2.05. The van der Waals surface area contributed by atoms with Gasteiger partial charge in [0.15, 0.2) is 0 Å². The molecule has 0 saturated heterocycles. The number of rotatable bonds is 1. The Labute approximate surface area is 73.4 Å². The van der Waals surface area contributed by atoms with Crippen molar-refractivity contribution < 1.29 is 0 Å². The highest BCUT2D eigenvalue weighted by atomic mass is 14.8. The predicted octanol–water partition coefficient (Wildman–Crippen LogP) is 1.69. The van der Waals surface area contributed by atoms with E-state index in [-0.39, 0.29) is 0 Å². The summed E-state index contributed by atoms with van der Waals surface area (Å²) in [6, 6.07) is 1.95. The molecule has 0 bridgehead atoms. The first kappa shape index (κ1) is 10.8. The second kappa shape index (κ2) is 6.49. The topological polar surface area (TPSA) is 51.3 Å². The Morgan fingerprint density at radius 2 is 2.17 bits per heavy atom. The van der Waals surface area contributed by atoms with Crippen LogP contribution in [-0.4, -0.2) is 18.2 Å². The Balaban J connectivity index is 0.000000561. The minimum atomic E-state index is 0.949. The van der Waals surface area contributed by atoms with E-state index in [1.807, 2.05) is 19.9 Å². The third-order valence-electron chi connectivity index (χ3n) is 1.28. The molecule has 0 aromatic carbocycles. The van der Waals surface area contributed by atoms with Crippen LogP contribution in [0.25, 0.3) is 0 Å². The van der Waals surface area contributed by atoms with Gasteiger partial charge in [-0.3, -0.25) is 9.98 Å². The number of hydrogen-bond acceptors (Lipinski definition) is 3. The van der Waals surface area contributed by atoms with Gasteiger partial charge in [-0.25, -0.2) is 0 Å². The lowest BCUT2D eigenvalue weighted by Crippen LogP contribution is -1.75. The molecule has 3 heteroatoms. The Bertz CT molecular complexity index is 243. The first-order valence-corrected chi connectivity index (χ1v) is 3.81. The number of nitrogens with two attached hydrogens (primary N) is 1. The molecule has 0 amide bonds. The smallest absolute Gasteiger partial charge is 0.0837 e. The van der Waals surface area contributed by atoms with Crippen molar-refractivity contribution in [3.05, 3.63) is 24.0 Å². The van der Waals surface area contributed by atoms with Crippen LogP contribution >= 0.6 is 0 Å². The van der Waals surface area contributed by atoms with Gasteiger partial charge in [0, 0.05) is 12.4 Å². The summed E-state index contributed by atoms with van der Waals surface area (Å²) in [5.74, 6) is 0. The van der Waals surface area contributed by atoms with Crippen molar-refractivity contribution >= 4 is 11.9 Å². The average Bonchev–Trinajstić information content (AvgIpc) is 2.13. The summed E-state index contributed by atoms with van der Waals surface area (Å²) in [4.78, 5) is 8.07. The van der Waals surface area contributed by atoms with Gasteiger partial charge in [0.25, 0.3) is 0 Å². The summed E-state index contributed by atoms with van der Waals surface area (Å²) in [7, 11) is 1.50. The molecule has 2 N–H and O–H groups in total. The first-order valence-electron chi connectivity index (χ1n) is 3.81. The number of hydrogen-bond donors (Lipinski definition) is 1. The summed E-state index contributed by atoms with van der Waals surface area (Å²) >= 11 is 0. The summed E-state index contributed by atoms with van der Waals surface area (Å²) in [6.07, 6.45) is 5.30. The van der Waals surface area contributed by atoms with Gasteiger partial charge in [-0.2, -0.15) is 0 Å². The van der Waals surface area contributed by atoms with Crippen LogP contribution in [0.1, 0.15) is 12.5 Å². The van der Waals surface area contributed by atoms with Crippen LogP contribution in [0.5, 0.6) is 0 Å². The number of aryl methyl sites for hydroxylation is 1. The Morgan fingerprint density at radius 1 is 1.50 bits per heavy atom. The third-order valence-corrected chi connectivity index (χ3v) is 1.28. The van der Waals surface area contributed by atoms with Gasteiger partial charge in [-0.05, 0) is 32.5 Å². The largest absolute Gasteiger partial charge is 0.333 e. The zero-order chi connectivity index (χ0) is 9.40. The monoisotopic (exact) mass is 165 g/mol. The first-order chi connectivity index (χ1) is 5.84. The fourth-order valence-corrected chi connectivity index (χ4v) is 0.730. The van der Waals surface area contributed by atoms with Gasteiger partial charge < -0.3 is 5.73 Å². The lowest BCUT2D eigenvalue weighted by molar-refractivity contribution is 1.26. The van der Waals surface area contributed by atoms with E-state index in [1.54, 1.807) is 18.6 Å². The Hall–Kier alpha value is -1.22.